The number of hydrogen-bond donors (Lipinski definition) is 0. The van der Waals surface area contributed by atoms with Crippen LogP contribution < -0.4 is 0 Å². The van der Waals surface area contributed by atoms with Crippen molar-refractivity contribution in [3.8, 4) is 5.69 Å². The molecule has 1 heterocycles. The van der Waals surface area contributed by atoms with E-state index in [1.165, 1.54) is 16.5 Å². The van der Waals surface area contributed by atoms with Crippen LogP contribution >= 0.6 is 0 Å². The van der Waals surface area contributed by atoms with Crippen LogP contribution in [0.4, 0.5) is 0 Å². The van der Waals surface area contributed by atoms with Crippen LogP contribution in [0.25, 0.3) is 22.2 Å². The molecule has 4 heteroatoms. The molecule has 1 aromatic heterocycles. The van der Waals surface area contributed by atoms with E-state index in [1.807, 2.05) is 32.9 Å². The zero-order chi connectivity index (χ0) is 16.6. The maximum absolute atomic E-state index is 6.94. The average Bonchev–Trinajstić information content (AvgIpc) is 3.06. The molecule has 3 aromatic rings. The molecule has 0 fully saturated rings. The Morgan fingerprint density at radius 3 is 1.88 bits per heavy atom. The molecule has 0 saturated carbocycles. The smallest absolute Gasteiger partial charge is 0.673 e. The van der Waals surface area contributed by atoms with Crippen molar-refractivity contribution >= 4 is 20.3 Å². The van der Waals surface area contributed by atoms with Gasteiger partial charge in [0, 0.05) is 9.52 Å². The summed E-state index contributed by atoms with van der Waals surface area (Å²) in [6, 6.07) is 16.9. The summed E-state index contributed by atoms with van der Waals surface area (Å²) in [6.45, 7) is 9.87. The van der Waals surface area contributed by atoms with Gasteiger partial charge in [0.15, 0.2) is 0 Å². The van der Waals surface area contributed by atoms with E-state index in [1.54, 1.807) is 0 Å². The Kier molecular flexibility index (Phi) is 16.4. The number of aromatic nitrogens is 1. The summed E-state index contributed by atoms with van der Waals surface area (Å²) in [7, 11) is 1.08. The van der Waals surface area contributed by atoms with Gasteiger partial charge in [-0.1, -0.05) is 45.6 Å². The van der Waals surface area contributed by atoms with E-state index in [0.29, 0.717) is 0 Å². The molecule has 0 bridgehead atoms. The molecule has 25 heavy (non-hydrogen) atoms. The van der Waals surface area contributed by atoms with Gasteiger partial charge in [0.1, 0.15) is 0 Å². The summed E-state index contributed by atoms with van der Waals surface area (Å²) < 4.78 is 2.14. The second kappa shape index (κ2) is 14.2. The predicted octanol–water partition coefficient (Wildman–Crippen LogP) is 6.87. The third kappa shape index (κ3) is 11.3. The monoisotopic (exact) mass is 388 g/mol. The van der Waals surface area contributed by atoms with E-state index in [4.69, 9.17) is 5.73 Å². The fourth-order valence-corrected chi connectivity index (χ4v) is 1.85. The molecule has 0 saturated heterocycles. The first-order valence-electron chi connectivity index (χ1n) is 7.48. The molecule has 0 unspecified atom stereocenters. The minimum absolute atomic E-state index is 0. The summed E-state index contributed by atoms with van der Waals surface area (Å²) in [5, 5.41) is 2.61. The van der Waals surface area contributed by atoms with E-state index < -0.39 is 0 Å². The van der Waals surface area contributed by atoms with E-state index in [0.717, 1.165) is 9.52 Å². The number of benzene rings is 1. The van der Waals surface area contributed by atoms with Gasteiger partial charge in [0.2, 0.25) is 0 Å². The van der Waals surface area contributed by atoms with Crippen LogP contribution in [0.5, 0.6) is 0 Å². The van der Waals surface area contributed by atoms with Gasteiger partial charge in [-0.2, -0.15) is 0 Å². The quantitative estimate of drug-likeness (QED) is 0.321. The summed E-state index contributed by atoms with van der Waals surface area (Å²) >= 11 is 0. The van der Waals surface area contributed by atoms with Crippen molar-refractivity contribution in [2.75, 3.05) is 0 Å². The van der Waals surface area contributed by atoms with Crippen molar-refractivity contribution in [3.63, 3.8) is 0 Å². The van der Waals surface area contributed by atoms with Gasteiger partial charge in [-0.05, 0) is 24.5 Å². The van der Waals surface area contributed by atoms with Crippen LogP contribution in [-0.2, 0) is 21.7 Å². The van der Waals surface area contributed by atoms with Gasteiger partial charge < -0.3 is 25.2 Å². The molecule has 3 rings (SSSR count). The summed E-state index contributed by atoms with van der Waals surface area (Å²) in [5.74, 6) is 0. The van der Waals surface area contributed by atoms with Crippen LogP contribution in [0.1, 0.15) is 20.8 Å². The first-order chi connectivity index (χ1) is 10.4. The van der Waals surface area contributed by atoms with Crippen molar-refractivity contribution in [3.05, 3.63) is 81.5 Å². The van der Waals surface area contributed by atoms with Gasteiger partial charge >= 0.3 is 21.7 Å². The summed E-state index contributed by atoms with van der Waals surface area (Å²) in [5.41, 5.74) is 7.94. The molecule has 0 spiro atoms. The molecule has 0 atom stereocenters. The zero-order valence-corrected chi connectivity index (χ0v) is 19.3. The van der Waals surface area contributed by atoms with Crippen LogP contribution in [-0.4, -0.2) is 19.6 Å². The molecule has 134 valence electrons. The first kappa shape index (κ1) is 28.8. The Balaban J connectivity index is -0.000000384. The Morgan fingerprint density at radius 1 is 0.960 bits per heavy atom. The first-order valence-corrected chi connectivity index (χ1v) is 9.48. The Morgan fingerprint density at radius 2 is 1.40 bits per heavy atom. The molecule has 2 nitrogen and oxygen atoms in total. The number of rotatable bonds is 1. The number of hydrogen-bond acceptors (Lipinski definition) is 0. The second-order valence-electron chi connectivity index (χ2n) is 6.15. The third-order valence-electron chi connectivity index (χ3n) is 2.54. The Labute approximate surface area is 172 Å². The van der Waals surface area contributed by atoms with Gasteiger partial charge in [0.25, 0.3) is 0 Å². The molecule has 0 amide bonds. The van der Waals surface area contributed by atoms with E-state index in [9.17, 15) is 0 Å². The maximum Gasteiger partial charge on any atom is 4.00 e. The van der Waals surface area contributed by atoms with Gasteiger partial charge in [0.05, 0.1) is 0 Å². The van der Waals surface area contributed by atoms with Crippen LogP contribution in [0.15, 0.2) is 60.9 Å². The summed E-state index contributed by atoms with van der Waals surface area (Å²) in [4.78, 5) is 0. The fraction of sp³-hybridized carbons (Fsp3) is 0.286. The van der Waals surface area contributed by atoms with Gasteiger partial charge in [-0.15, -0.1) is 46.6 Å². The Hall–Kier alpha value is -0.999. The molecule has 1 N–H and O–H groups in total. The molecule has 0 aliphatic carbocycles. The van der Waals surface area contributed by atoms with Gasteiger partial charge in [-0.3, -0.25) is 0 Å². The minimum Gasteiger partial charge on any atom is -0.673 e. The van der Waals surface area contributed by atoms with Crippen LogP contribution in [0.3, 0.4) is 0 Å². The number of nitrogens with zero attached hydrogens (tertiary/aromatic N) is 1. The van der Waals surface area contributed by atoms with Crippen molar-refractivity contribution in [2.45, 2.75) is 39.4 Å². The normalized spacial score (nSPS) is 9.20. The average molecular weight is 388 g/mol. The second-order valence-corrected chi connectivity index (χ2v) is 7.15. The molecular weight excluding hydrogens is 356 g/mol. The van der Waals surface area contributed by atoms with E-state index in [2.05, 4.69) is 66.5 Å². The SMILES string of the molecule is CC(C)(C)[NH-].C[Si]C.[CH3-].[CH3-].[Ti+4].c1ccc2c(-n3cccc3)c[cH-]c2c1. The zero-order valence-electron chi connectivity index (χ0n) is 16.7. The predicted molar refractivity (Wildman–Crippen MR) is 113 cm³/mol. The molecule has 2 aromatic carbocycles. The fourth-order valence-electron chi connectivity index (χ4n) is 1.85. The third-order valence-corrected chi connectivity index (χ3v) is 2.54. The van der Waals surface area contributed by atoms with Gasteiger partial charge in [-0.25, -0.2) is 0 Å². The number of nitrogens with one attached hydrogen (secondary N) is 1. The largest absolute Gasteiger partial charge is 4.00 e. The maximum atomic E-state index is 6.94. The van der Waals surface area contributed by atoms with Crippen LogP contribution in [0.2, 0.25) is 13.1 Å². The summed E-state index contributed by atoms with van der Waals surface area (Å²) in [6.07, 6.45) is 4.14. The molecular formula is C21H32N2SiTi. The van der Waals surface area contributed by atoms with Crippen molar-refractivity contribution in [2.24, 2.45) is 0 Å². The Bertz CT molecular complexity index is 646. The minimum atomic E-state index is -0.250. The molecule has 2 radical (unpaired) electrons. The van der Waals surface area contributed by atoms with E-state index >= 15 is 0 Å². The van der Waals surface area contributed by atoms with Crippen molar-refractivity contribution < 1.29 is 21.7 Å². The molecule has 0 aliphatic heterocycles. The van der Waals surface area contributed by atoms with Crippen LogP contribution in [0, 0.1) is 14.9 Å². The molecule has 0 aliphatic rings. The van der Waals surface area contributed by atoms with Crippen molar-refractivity contribution in [1.29, 1.82) is 0 Å². The van der Waals surface area contributed by atoms with E-state index in [-0.39, 0.29) is 42.1 Å². The standard InChI is InChI=1S/C13H10N.C4H10N.C2H6Si.2CH3.Ti/c1-2-6-12-11(5-1)7-8-13(12)14-9-3-4-10-14;1-4(2,3)5;1-3-2;;;/h1-10H;5H,1-3H3;1-2H3;2*1H3;/q2*-1;;2*-1;+4. The number of fused-ring (bicyclic) bond motifs is 1. The topological polar surface area (TPSA) is 28.7 Å². The van der Waals surface area contributed by atoms with Crippen molar-refractivity contribution in [1.82, 2.24) is 4.57 Å².